The van der Waals surface area contributed by atoms with Gasteiger partial charge in [0.15, 0.2) is 0 Å². The van der Waals surface area contributed by atoms with Crippen LogP contribution in [0.2, 0.25) is 0 Å². The summed E-state index contributed by atoms with van der Waals surface area (Å²) in [5.74, 6) is -2.04. The first-order chi connectivity index (χ1) is 14.7. The number of nitrogens with one attached hydrogen (secondary N) is 1. The number of likely N-dealkylation sites (tertiary alicyclic amines) is 1. The van der Waals surface area contributed by atoms with E-state index in [1.165, 1.54) is 11.2 Å². The molecule has 3 rings (SSSR count). The molecule has 2 N–H and O–H groups in total. The van der Waals surface area contributed by atoms with Crippen LogP contribution in [-0.4, -0.2) is 71.3 Å². The maximum absolute atomic E-state index is 13.0. The molecule has 1 amide bonds. The standard InChI is InChI=1S/C22H27N3O6/c1-6-30-22(29)17-12(2)15(13(3)23-17)19(26)16-18(14-8-7-11-31-14)25(10-9-24(4)5)21(28)20(16)27/h7-8,11,18,23,26H,6,9-10H2,1-5H3/b19-16-. The minimum Gasteiger partial charge on any atom is -0.507 e. The van der Waals surface area contributed by atoms with Crippen molar-refractivity contribution in [2.24, 2.45) is 0 Å². The number of H-pyrrole nitrogens is 1. The number of carbonyl (C=O) groups is 3. The zero-order valence-electron chi connectivity index (χ0n) is 18.3. The molecular weight excluding hydrogens is 402 g/mol. The number of hydrogen-bond donors (Lipinski definition) is 2. The van der Waals surface area contributed by atoms with E-state index in [0.29, 0.717) is 29.1 Å². The number of aromatic nitrogens is 1. The lowest BCUT2D eigenvalue weighted by molar-refractivity contribution is -0.140. The van der Waals surface area contributed by atoms with Crippen molar-refractivity contribution in [3.05, 3.63) is 52.2 Å². The third-order valence-electron chi connectivity index (χ3n) is 5.29. The SMILES string of the molecule is CCOC(=O)c1[nH]c(C)c(/C(O)=C2/C(=O)C(=O)N(CCN(C)C)C2c2ccco2)c1C. The van der Waals surface area contributed by atoms with E-state index in [0.717, 1.165) is 0 Å². The van der Waals surface area contributed by atoms with Gasteiger partial charge in [-0.3, -0.25) is 9.59 Å². The summed E-state index contributed by atoms with van der Waals surface area (Å²) in [6.07, 6.45) is 1.45. The Hall–Kier alpha value is -3.33. The molecule has 1 saturated heterocycles. The van der Waals surface area contributed by atoms with Crippen LogP contribution in [0.1, 0.15) is 46.0 Å². The second kappa shape index (κ2) is 8.81. The minimum absolute atomic E-state index is 0.0701. The first kappa shape index (κ1) is 22.4. The average Bonchev–Trinajstić information content (AvgIpc) is 3.39. The normalized spacial score (nSPS) is 18.3. The number of Topliss-reactive ketones (excluding diaryl/α,β-unsaturated/α-hetero) is 1. The molecule has 31 heavy (non-hydrogen) atoms. The maximum Gasteiger partial charge on any atom is 0.355 e. The predicted molar refractivity (Wildman–Crippen MR) is 112 cm³/mol. The van der Waals surface area contributed by atoms with Crippen LogP contribution < -0.4 is 0 Å². The summed E-state index contributed by atoms with van der Waals surface area (Å²) < 4.78 is 10.6. The van der Waals surface area contributed by atoms with Gasteiger partial charge in [0.05, 0.1) is 18.4 Å². The fourth-order valence-electron chi connectivity index (χ4n) is 3.81. The number of aliphatic hydroxyl groups is 1. The monoisotopic (exact) mass is 429 g/mol. The van der Waals surface area contributed by atoms with Crippen LogP contribution in [0.5, 0.6) is 0 Å². The van der Waals surface area contributed by atoms with Crippen LogP contribution in [-0.2, 0) is 14.3 Å². The van der Waals surface area contributed by atoms with Crippen molar-refractivity contribution in [3.63, 3.8) is 0 Å². The average molecular weight is 429 g/mol. The Kier molecular flexibility index (Phi) is 6.35. The number of likely N-dealkylation sites (N-methyl/N-ethyl adjacent to an activating group) is 1. The number of esters is 1. The van der Waals surface area contributed by atoms with Gasteiger partial charge < -0.3 is 29.0 Å². The van der Waals surface area contributed by atoms with Gasteiger partial charge in [0.25, 0.3) is 11.7 Å². The third kappa shape index (κ3) is 4.00. The summed E-state index contributed by atoms with van der Waals surface area (Å²) in [6.45, 7) is 6.03. The fraction of sp³-hybridized carbons (Fsp3) is 0.409. The van der Waals surface area contributed by atoms with Crippen LogP contribution in [0.3, 0.4) is 0 Å². The summed E-state index contributed by atoms with van der Waals surface area (Å²) in [7, 11) is 3.73. The molecule has 9 heteroatoms. The van der Waals surface area contributed by atoms with E-state index in [-0.39, 0.29) is 30.2 Å². The molecule has 1 fully saturated rings. The molecule has 0 spiro atoms. The van der Waals surface area contributed by atoms with E-state index in [2.05, 4.69) is 4.98 Å². The molecule has 0 saturated carbocycles. The number of aliphatic hydroxyl groups excluding tert-OH is 1. The molecule has 0 radical (unpaired) electrons. The van der Waals surface area contributed by atoms with Gasteiger partial charge in [-0.05, 0) is 52.6 Å². The second-order valence-electron chi connectivity index (χ2n) is 7.66. The maximum atomic E-state index is 13.0. The van der Waals surface area contributed by atoms with Gasteiger partial charge in [-0.15, -0.1) is 0 Å². The van der Waals surface area contributed by atoms with E-state index in [1.807, 2.05) is 19.0 Å². The van der Waals surface area contributed by atoms with Crippen molar-refractivity contribution >= 4 is 23.4 Å². The molecule has 1 atom stereocenters. The lowest BCUT2D eigenvalue weighted by Gasteiger charge is -2.24. The minimum atomic E-state index is -0.866. The second-order valence-corrected chi connectivity index (χ2v) is 7.66. The van der Waals surface area contributed by atoms with Gasteiger partial charge in [-0.2, -0.15) is 0 Å². The number of carbonyl (C=O) groups excluding carboxylic acids is 3. The number of amides is 1. The molecule has 2 aromatic heterocycles. The van der Waals surface area contributed by atoms with E-state index < -0.39 is 23.7 Å². The van der Waals surface area contributed by atoms with Crippen molar-refractivity contribution < 1.29 is 28.6 Å². The van der Waals surface area contributed by atoms with Gasteiger partial charge in [-0.1, -0.05) is 0 Å². The van der Waals surface area contributed by atoms with Gasteiger partial charge >= 0.3 is 5.97 Å². The van der Waals surface area contributed by atoms with E-state index in [4.69, 9.17) is 9.15 Å². The Bertz CT molecular complexity index is 1030. The van der Waals surface area contributed by atoms with E-state index in [1.54, 1.807) is 32.9 Å². The predicted octanol–water partition coefficient (Wildman–Crippen LogP) is 2.38. The van der Waals surface area contributed by atoms with Crippen LogP contribution in [0, 0.1) is 13.8 Å². The Morgan fingerprint density at radius 2 is 2.03 bits per heavy atom. The molecule has 9 nitrogen and oxygen atoms in total. The highest BCUT2D eigenvalue weighted by molar-refractivity contribution is 6.46. The van der Waals surface area contributed by atoms with E-state index >= 15 is 0 Å². The first-order valence-electron chi connectivity index (χ1n) is 10.0. The van der Waals surface area contributed by atoms with Gasteiger partial charge in [0.1, 0.15) is 23.3 Å². The number of furan rings is 1. The number of ether oxygens (including phenoxy) is 1. The van der Waals surface area contributed by atoms with Crippen molar-refractivity contribution in [2.45, 2.75) is 26.8 Å². The van der Waals surface area contributed by atoms with Crippen molar-refractivity contribution in [3.8, 4) is 0 Å². The fourth-order valence-corrected chi connectivity index (χ4v) is 3.81. The number of aromatic amines is 1. The van der Waals surface area contributed by atoms with Gasteiger partial charge in [-0.25, -0.2) is 4.79 Å². The number of aryl methyl sites for hydroxylation is 1. The number of nitrogens with zero attached hydrogens (tertiary/aromatic N) is 2. The summed E-state index contributed by atoms with van der Waals surface area (Å²) in [6, 6.07) is 2.45. The van der Waals surface area contributed by atoms with Crippen LogP contribution in [0.15, 0.2) is 28.4 Å². The largest absolute Gasteiger partial charge is 0.507 e. The molecule has 1 aliphatic rings. The Balaban J connectivity index is 2.15. The molecule has 0 aromatic carbocycles. The smallest absolute Gasteiger partial charge is 0.355 e. The van der Waals surface area contributed by atoms with Gasteiger partial charge in [0.2, 0.25) is 0 Å². The molecule has 1 unspecified atom stereocenters. The zero-order chi connectivity index (χ0) is 22.9. The number of rotatable bonds is 7. The van der Waals surface area contributed by atoms with Crippen molar-refractivity contribution in [2.75, 3.05) is 33.8 Å². The molecule has 1 aliphatic heterocycles. The summed E-state index contributed by atoms with van der Waals surface area (Å²) in [5, 5.41) is 11.2. The molecule has 3 heterocycles. The summed E-state index contributed by atoms with van der Waals surface area (Å²) >= 11 is 0. The highest BCUT2D eigenvalue weighted by atomic mass is 16.5. The van der Waals surface area contributed by atoms with Crippen molar-refractivity contribution in [1.82, 2.24) is 14.8 Å². The van der Waals surface area contributed by atoms with Crippen molar-refractivity contribution in [1.29, 1.82) is 0 Å². The molecule has 0 bridgehead atoms. The Morgan fingerprint density at radius 1 is 1.32 bits per heavy atom. The van der Waals surface area contributed by atoms with Crippen LogP contribution >= 0.6 is 0 Å². The lowest BCUT2D eigenvalue weighted by Crippen LogP contribution is -2.35. The number of hydrogen-bond acceptors (Lipinski definition) is 7. The molecular formula is C22H27N3O6. The highest BCUT2D eigenvalue weighted by Crippen LogP contribution is 2.40. The Morgan fingerprint density at radius 3 is 2.61 bits per heavy atom. The molecule has 0 aliphatic carbocycles. The summed E-state index contributed by atoms with van der Waals surface area (Å²) in [5.41, 5.74) is 1.34. The Labute approximate surface area is 180 Å². The van der Waals surface area contributed by atoms with Crippen LogP contribution in [0.25, 0.3) is 5.76 Å². The number of ketones is 1. The highest BCUT2D eigenvalue weighted by Gasteiger charge is 2.47. The first-order valence-corrected chi connectivity index (χ1v) is 10.0. The third-order valence-corrected chi connectivity index (χ3v) is 5.29. The van der Waals surface area contributed by atoms with Crippen LogP contribution in [0.4, 0.5) is 0 Å². The summed E-state index contributed by atoms with van der Waals surface area (Å²) in [4.78, 5) is 44.3. The topological polar surface area (TPSA) is 116 Å². The van der Waals surface area contributed by atoms with E-state index in [9.17, 15) is 19.5 Å². The lowest BCUT2D eigenvalue weighted by atomic mass is 9.97. The van der Waals surface area contributed by atoms with Gasteiger partial charge in [0, 0.05) is 24.3 Å². The zero-order valence-corrected chi connectivity index (χ0v) is 18.3. The quantitative estimate of drug-likeness (QED) is 0.300. The molecule has 166 valence electrons. The molecule has 2 aromatic rings.